The summed E-state index contributed by atoms with van der Waals surface area (Å²) in [6.45, 7) is 3.91. The zero-order chi connectivity index (χ0) is 8.10. The fraction of sp³-hybridized carbons (Fsp3) is 1.00. The van der Waals surface area contributed by atoms with E-state index in [0.717, 1.165) is 19.5 Å². The minimum atomic E-state index is -0.539. The van der Waals surface area contributed by atoms with Gasteiger partial charge in [0.15, 0.2) is 0 Å². The molecule has 2 unspecified atom stereocenters. The number of rotatable bonds is 3. The van der Waals surface area contributed by atoms with Crippen LogP contribution in [-0.2, 0) is 0 Å². The SMILES string of the molecule is CCCCC1CNCCC1F. The molecule has 1 N–H and O–H groups in total. The van der Waals surface area contributed by atoms with E-state index in [1.54, 1.807) is 0 Å². The molecule has 1 rings (SSSR count). The summed E-state index contributed by atoms with van der Waals surface area (Å²) in [6, 6.07) is 0. The molecule has 1 aliphatic rings. The lowest BCUT2D eigenvalue weighted by atomic mass is 9.92. The number of unbranched alkanes of at least 4 members (excludes halogenated alkanes) is 1. The van der Waals surface area contributed by atoms with E-state index in [4.69, 9.17) is 0 Å². The molecule has 0 spiro atoms. The summed E-state index contributed by atoms with van der Waals surface area (Å²) in [6.07, 6.45) is 3.59. The topological polar surface area (TPSA) is 12.0 Å². The van der Waals surface area contributed by atoms with E-state index in [-0.39, 0.29) is 0 Å². The first-order chi connectivity index (χ1) is 5.34. The molecule has 11 heavy (non-hydrogen) atoms. The number of hydrogen-bond donors (Lipinski definition) is 1. The van der Waals surface area contributed by atoms with Crippen molar-refractivity contribution in [2.75, 3.05) is 13.1 Å². The van der Waals surface area contributed by atoms with Gasteiger partial charge in [0.05, 0.1) is 0 Å². The zero-order valence-electron chi connectivity index (χ0n) is 7.28. The summed E-state index contributed by atoms with van der Waals surface area (Å²) in [5.41, 5.74) is 0. The molecule has 0 saturated carbocycles. The third kappa shape index (κ3) is 2.78. The summed E-state index contributed by atoms with van der Waals surface area (Å²) >= 11 is 0. The van der Waals surface area contributed by atoms with Gasteiger partial charge in [0.2, 0.25) is 0 Å². The standard InChI is InChI=1S/C9H18FN/c1-2-3-4-8-7-11-6-5-9(8)10/h8-9,11H,2-7H2,1H3. The second-order valence-electron chi connectivity index (χ2n) is 3.41. The predicted octanol–water partition coefficient (Wildman–Crippen LogP) is 2.12. The maximum absolute atomic E-state index is 13.1. The molecule has 0 bridgehead atoms. The van der Waals surface area contributed by atoms with Crippen LogP contribution in [0.1, 0.15) is 32.6 Å². The lowest BCUT2D eigenvalue weighted by molar-refractivity contribution is 0.168. The molecule has 1 fully saturated rings. The molecule has 1 aliphatic heterocycles. The van der Waals surface area contributed by atoms with Gasteiger partial charge in [-0.3, -0.25) is 0 Å². The van der Waals surface area contributed by atoms with E-state index >= 15 is 0 Å². The number of alkyl halides is 1. The Morgan fingerprint density at radius 3 is 3.00 bits per heavy atom. The lowest BCUT2D eigenvalue weighted by Crippen LogP contribution is -2.37. The Morgan fingerprint density at radius 1 is 1.55 bits per heavy atom. The molecular weight excluding hydrogens is 141 g/mol. The highest BCUT2D eigenvalue weighted by molar-refractivity contribution is 4.77. The van der Waals surface area contributed by atoms with E-state index in [0.29, 0.717) is 12.3 Å². The minimum absolute atomic E-state index is 0.295. The lowest BCUT2D eigenvalue weighted by Gasteiger charge is -2.26. The van der Waals surface area contributed by atoms with Crippen molar-refractivity contribution in [3.05, 3.63) is 0 Å². The van der Waals surface area contributed by atoms with Crippen LogP contribution in [0.5, 0.6) is 0 Å². The summed E-state index contributed by atoms with van der Waals surface area (Å²) < 4.78 is 13.1. The third-order valence-corrected chi connectivity index (χ3v) is 2.44. The first-order valence-corrected chi connectivity index (χ1v) is 4.69. The van der Waals surface area contributed by atoms with E-state index in [9.17, 15) is 4.39 Å². The largest absolute Gasteiger partial charge is 0.316 e. The minimum Gasteiger partial charge on any atom is -0.316 e. The summed E-state index contributed by atoms with van der Waals surface area (Å²) in [7, 11) is 0. The molecule has 0 aromatic rings. The fourth-order valence-electron chi connectivity index (χ4n) is 1.64. The molecule has 2 atom stereocenters. The van der Waals surface area contributed by atoms with Gasteiger partial charge in [-0.25, -0.2) is 4.39 Å². The number of piperidine rings is 1. The molecule has 0 aromatic carbocycles. The molecule has 0 radical (unpaired) electrons. The van der Waals surface area contributed by atoms with Crippen LogP contribution in [0, 0.1) is 5.92 Å². The van der Waals surface area contributed by atoms with E-state index in [1.165, 1.54) is 12.8 Å². The second kappa shape index (κ2) is 4.70. The van der Waals surface area contributed by atoms with Crippen LogP contribution in [-0.4, -0.2) is 19.3 Å². The molecule has 1 heterocycles. The fourth-order valence-corrected chi connectivity index (χ4v) is 1.64. The second-order valence-corrected chi connectivity index (χ2v) is 3.41. The van der Waals surface area contributed by atoms with Gasteiger partial charge in [0.1, 0.15) is 6.17 Å². The average Bonchev–Trinajstić information content (AvgIpc) is 2.03. The molecule has 2 heteroatoms. The Hall–Kier alpha value is -0.110. The van der Waals surface area contributed by atoms with Gasteiger partial charge in [-0.2, -0.15) is 0 Å². The molecule has 1 nitrogen and oxygen atoms in total. The third-order valence-electron chi connectivity index (χ3n) is 2.44. The van der Waals surface area contributed by atoms with Crippen LogP contribution in [0.3, 0.4) is 0 Å². The highest BCUT2D eigenvalue weighted by Gasteiger charge is 2.23. The van der Waals surface area contributed by atoms with Crippen molar-refractivity contribution in [3.63, 3.8) is 0 Å². The van der Waals surface area contributed by atoms with Gasteiger partial charge in [0.25, 0.3) is 0 Å². The van der Waals surface area contributed by atoms with Gasteiger partial charge < -0.3 is 5.32 Å². The average molecular weight is 159 g/mol. The smallest absolute Gasteiger partial charge is 0.105 e. The van der Waals surface area contributed by atoms with Gasteiger partial charge in [0, 0.05) is 12.5 Å². The molecule has 0 aromatic heterocycles. The zero-order valence-corrected chi connectivity index (χ0v) is 7.28. The van der Waals surface area contributed by atoms with E-state index in [2.05, 4.69) is 12.2 Å². The molecule has 66 valence electrons. The Kier molecular flexibility index (Phi) is 3.84. The first-order valence-electron chi connectivity index (χ1n) is 4.69. The molecule has 0 aliphatic carbocycles. The van der Waals surface area contributed by atoms with Gasteiger partial charge in [-0.1, -0.05) is 19.8 Å². The van der Waals surface area contributed by atoms with Crippen LogP contribution < -0.4 is 5.32 Å². The van der Waals surface area contributed by atoms with Crippen LogP contribution >= 0.6 is 0 Å². The van der Waals surface area contributed by atoms with Crippen molar-refractivity contribution < 1.29 is 4.39 Å². The monoisotopic (exact) mass is 159 g/mol. The van der Waals surface area contributed by atoms with Crippen molar-refractivity contribution in [1.82, 2.24) is 5.32 Å². The maximum Gasteiger partial charge on any atom is 0.105 e. The normalized spacial score (nSPS) is 32.2. The van der Waals surface area contributed by atoms with Crippen molar-refractivity contribution in [3.8, 4) is 0 Å². The molecular formula is C9H18FN. The maximum atomic E-state index is 13.1. The highest BCUT2D eigenvalue weighted by Crippen LogP contribution is 2.20. The Morgan fingerprint density at radius 2 is 2.36 bits per heavy atom. The quantitative estimate of drug-likeness (QED) is 0.665. The Labute approximate surface area is 68.4 Å². The number of hydrogen-bond acceptors (Lipinski definition) is 1. The summed E-state index contributed by atoms with van der Waals surface area (Å²) in [5, 5.41) is 3.23. The first kappa shape index (κ1) is 8.98. The number of nitrogens with one attached hydrogen (secondary N) is 1. The molecule has 1 saturated heterocycles. The van der Waals surface area contributed by atoms with E-state index < -0.39 is 6.17 Å². The van der Waals surface area contributed by atoms with Crippen LogP contribution in [0.2, 0.25) is 0 Å². The van der Waals surface area contributed by atoms with Crippen molar-refractivity contribution in [1.29, 1.82) is 0 Å². The predicted molar refractivity (Wildman–Crippen MR) is 45.4 cm³/mol. The van der Waals surface area contributed by atoms with Gasteiger partial charge in [-0.05, 0) is 19.4 Å². The number of halogens is 1. The van der Waals surface area contributed by atoms with Gasteiger partial charge >= 0.3 is 0 Å². The van der Waals surface area contributed by atoms with Crippen LogP contribution in [0.15, 0.2) is 0 Å². The van der Waals surface area contributed by atoms with Crippen molar-refractivity contribution in [2.45, 2.75) is 38.8 Å². The Bertz CT molecular complexity index is 106. The van der Waals surface area contributed by atoms with E-state index in [1.807, 2.05) is 0 Å². The van der Waals surface area contributed by atoms with Crippen LogP contribution in [0.4, 0.5) is 4.39 Å². The highest BCUT2D eigenvalue weighted by atomic mass is 19.1. The van der Waals surface area contributed by atoms with Crippen molar-refractivity contribution in [2.24, 2.45) is 5.92 Å². The van der Waals surface area contributed by atoms with Crippen molar-refractivity contribution >= 4 is 0 Å². The summed E-state index contributed by atoms with van der Waals surface area (Å²) in [4.78, 5) is 0. The molecule has 0 amide bonds. The van der Waals surface area contributed by atoms with Gasteiger partial charge in [-0.15, -0.1) is 0 Å². The van der Waals surface area contributed by atoms with Crippen LogP contribution in [0.25, 0.3) is 0 Å². The Balaban J connectivity index is 2.18. The summed E-state index contributed by atoms with van der Waals surface area (Å²) in [5.74, 6) is 0.295.